The Bertz CT molecular complexity index is 959. The third-order valence-corrected chi connectivity index (χ3v) is 4.59. The van der Waals surface area contributed by atoms with Gasteiger partial charge in [-0.05, 0) is 51.5 Å². The second-order valence-electron chi connectivity index (χ2n) is 6.59. The van der Waals surface area contributed by atoms with Gasteiger partial charge in [-0.25, -0.2) is 14.6 Å². The third-order valence-electron chi connectivity index (χ3n) is 4.34. The quantitative estimate of drug-likeness (QED) is 0.732. The van der Waals surface area contributed by atoms with Gasteiger partial charge < -0.3 is 5.32 Å². The van der Waals surface area contributed by atoms with Gasteiger partial charge in [0.2, 0.25) is 5.91 Å². The molecule has 0 fully saturated rings. The van der Waals surface area contributed by atoms with Gasteiger partial charge in [0.05, 0.1) is 12.1 Å². The molecule has 0 radical (unpaired) electrons. The number of rotatable bonds is 5. The number of amides is 1. The summed E-state index contributed by atoms with van der Waals surface area (Å²) >= 11 is 5.88. The molecule has 6 nitrogen and oxygen atoms in total. The van der Waals surface area contributed by atoms with Gasteiger partial charge in [0.25, 0.3) is 5.95 Å². The van der Waals surface area contributed by atoms with Crippen LogP contribution in [0.1, 0.15) is 33.9 Å². The maximum atomic E-state index is 12.4. The molecular formula is C20H22ClN5O. The second kappa shape index (κ2) is 7.88. The summed E-state index contributed by atoms with van der Waals surface area (Å²) in [6.45, 7) is 8.14. The highest BCUT2D eigenvalue weighted by Gasteiger charge is 2.17. The second-order valence-corrected chi connectivity index (χ2v) is 7.03. The molecule has 2 heterocycles. The van der Waals surface area contributed by atoms with E-state index in [1.807, 2.05) is 58.0 Å². The van der Waals surface area contributed by atoms with Crippen molar-refractivity contribution in [2.45, 2.75) is 40.7 Å². The van der Waals surface area contributed by atoms with E-state index in [0.717, 1.165) is 33.9 Å². The highest BCUT2D eigenvalue weighted by molar-refractivity contribution is 6.30. The largest absolute Gasteiger partial charge is 0.352 e. The van der Waals surface area contributed by atoms with Crippen molar-refractivity contribution in [3.63, 3.8) is 0 Å². The van der Waals surface area contributed by atoms with Gasteiger partial charge in [-0.2, -0.15) is 5.10 Å². The van der Waals surface area contributed by atoms with Crippen molar-refractivity contribution in [3.05, 3.63) is 69.3 Å². The Morgan fingerprint density at radius 3 is 2.33 bits per heavy atom. The van der Waals surface area contributed by atoms with Crippen LogP contribution < -0.4 is 5.32 Å². The topological polar surface area (TPSA) is 72.7 Å². The molecule has 0 aliphatic heterocycles. The number of nitrogens with zero attached hydrogens (tertiary/aromatic N) is 4. The fourth-order valence-electron chi connectivity index (χ4n) is 2.95. The van der Waals surface area contributed by atoms with E-state index in [1.54, 1.807) is 4.68 Å². The third kappa shape index (κ3) is 4.52. The Balaban J connectivity index is 1.74. The van der Waals surface area contributed by atoms with Gasteiger partial charge in [0, 0.05) is 34.2 Å². The molecule has 0 aliphatic rings. The maximum absolute atomic E-state index is 12.4. The van der Waals surface area contributed by atoms with Crippen LogP contribution in [0.5, 0.6) is 0 Å². The van der Waals surface area contributed by atoms with E-state index in [9.17, 15) is 4.79 Å². The molecule has 0 saturated carbocycles. The summed E-state index contributed by atoms with van der Waals surface area (Å²) in [7, 11) is 0. The van der Waals surface area contributed by atoms with Crippen LogP contribution in [-0.2, 0) is 17.8 Å². The lowest BCUT2D eigenvalue weighted by Crippen LogP contribution is -2.25. The summed E-state index contributed by atoms with van der Waals surface area (Å²) in [6.07, 6.45) is 0.260. The van der Waals surface area contributed by atoms with Crippen molar-refractivity contribution in [2.75, 3.05) is 0 Å². The maximum Gasteiger partial charge on any atom is 0.251 e. The zero-order valence-corrected chi connectivity index (χ0v) is 16.6. The number of benzene rings is 1. The molecule has 7 heteroatoms. The fourth-order valence-corrected chi connectivity index (χ4v) is 3.08. The molecule has 3 rings (SSSR count). The standard InChI is InChI=1S/C20H22ClN5O/c1-12-9-13(2)24-20(23-12)26-15(4)18(14(3)25-26)10-19(27)22-11-16-5-7-17(21)8-6-16/h5-9H,10-11H2,1-4H3,(H,22,27). The molecule has 27 heavy (non-hydrogen) atoms. The van der Waals surface area contributed by atoms with E-state index in [0.29, 0.717) is 17.5 Å². The first-order chi connectivity index (χ1) is 12.8. The smallest absolute Gasteiger partial charge is 0.251 e. The monoisotopic (exact) mass is 383 g/mol. The van der Waals surface area contributed by atoms with Gasteiger partial charge in [0.15, 0.2) is 0 Å². The molecule has 3 aromatic rings. The van der Waals surface area contributed by atoms with E-state index >= 15 is 0 Å². The zero-order valence-electron chi connectivity index (χ0n) is 15.9. The number of carbonyl (C=O) groups is 1. The van der Waals surface area contributed by atoms with Crippen LogP contribution in [0.3, 0.4) is 0 Å². The van der Waals surface area contributed by atoms with E-state index in [-0.39, 0.29) is 12.3 Å². The lowest BCUT2D eigenvalue weighted by atomic mass is 10.1. The molecule has 1 amide bonds. The van der Waals surface area contributed by atoms with Crippen LogP contribution in [-0.4, -0.2) is 25.7 Å². The van der Waals surface area contributed by atoms with Gasteiger partial charge >= 0.3 is 0 Å². The summed E-state index contributed by atoms with van der Waals surface area (Å²) < 4.78 is 1.71. The van der Waals surface area contributed by atoms with Gasteiger partial charge in [-0.15, -0.1) is 0 Å². The first-order valence-corrected chi connectivity index (χ1v) is 9.10. The zero-order chi connectivity index (χ0) is 19.6. The van der Waals surface area contributed by atoms with Crippen LogP contribution in [0.2, 0.25) is 5.02 Å². The van der Waals surface area contributed by atoms with E-state index in [4.69, 9.17) is 11.6 Å². The average molecular weight is 384 g/mol. The number of hydrogen-bond acceptors (Lipinski definition) is 4. The molecule has 2 aromatic heterocycles. The molecule has 0 atom stereocenters. The number of aryl methyl sites for hydroxylation is 3. The molecule has 1 aromatic carbocycles. The minimum atomic E-state index is -0.0583. The van der Waals surface area contributed by atoms with Crippen LogP contribution in [0, 0.1) is 27.7 Å². The van der Waals surface area contributed by atoms with Gasteiger partial charge in [-0.1, -0.05) is 23.7 Å². The van der Waals surface area contributed by atoms with Crippen molar-refractivity contribution in [3.8, 4) is 5.95 Å². The number of aromatic nitrogens is 4. The van der Waals surface area contributed by atoms with E-state index in [1.165, 1.54) is 0 Å². The molecule has 140 valence electrons. The molecule has 0 saturated heterocycles. The molecule has 1 N–H and O–H groups in total. The van der Waals surface area contributed by atoms with Crippen molar-refractivity contribution in [2.24, 2.45) is 0 Å². The van der Waals surface area contributed by atoms with Crippen molar-refractivity contribution in [1.29, 1.82) is 0 Å². The van der Waals surface area contributed by atoms with Gasteiger partial charge in [0.1, 0.15) is 0 Å². The number of hydrogen-bond donors (Lipinski definition) is 1. The molecule has 0 aliphatic carbocycles. The Kier molecular flexibility index (Phi) is 5.56. The lowest BCUT2D eigenvalue weighted by Gasteiger charge is -2.07. The fraction of sp³-hybridized carbons (Fsp3) is 0.300. The van der Waals surface area contributed by atoms with Crippen LogP contribution in [0.25, 0.3) is 5.95 Å². The van der Waals surface area contributed by atoms with Crippen LogP contribution >= 0.6 is 11.6 Å². The minimum absolute atomic E-state index is 0.0583. The normalized spacial score (nSPS) is 10.9. The summed E-state index contributed by atoms with van der Waals surface area (Å²) in [5, 5.41) is 8.16. The Morgan fingerprint density at radius 2 is 1.70 bits per heavy atom. The minimum Gasteiger partial charge on any atom is -0.352 e. The molecular weight excluding hydrogens is 362 g/mol. The van der Waals surface area contributed by atoms with Crippen LogP contribution in [0.15, 0.2) is 30.3 Å². The first-order valence-electron chi connectivity index (χ1n) is 8.72. The Labute approximate surface area is 163 Å². The number of halogens is 1. The predicted octanol–water partition coefficient (Wildman–Crippen LogP) is 3.41. The summed E-state index contributed by atoms with van der Waals surface area (Å²) in [4.78, 5) is 21.3. The van der Waals surface area contributed by atoms with Crippen molar-refractivity contribution >= 4 is 17.5 Å². The first kappa shape index (κ1) is 19.0. The summed E-state index contributed by atoms with van der Waals surface area (Å²) in [6, 6.07) is 9.33. The van der Waals surface area contributed by atoms with Crippen molar-refractivity contribution in [1.82, 2.24) is 25.1 Å². The Hall–Kier alpha value is -2.73. The molecule has 0 unspecified atom stereocenters. The molecule has 0 bridgehead atoms. The number of nitrogens with one attached hydrogen (secondary N) is 1. The summed E-state index contributed by atoms with van der Waals surface area (Å²) in [5.74, 6) is 0.470. The number of carbonyl (C=O) groups excluding carboxylic acids is 1. The molecule has 0 spiro atoms. The highest BCUT2D eigenvalue weighted by atomic mass is 35.5. The van der Waals surface area contributed by atoms with E-state index in [2.05, 4.69) is 20.4 Å². The highest BCUT2D eigenvalue weighted by Crippen LogP contribution is 2.17. The van der Waals surface area contributed by atoms with Crippen LogP contribution in [0.4, 0.5) is 0 Å². The van der Waals surface area contributed by atoms with Crippen molar-refractivity contribution < 1.29 is 4.79 Å². The SMILES string of the molecule is Cc1cc(C)nc(-n2nc(C)c(CC(=O)NCc3ccc(Cl)cc3)c2C)n1. The van der Waals surface area contributed by atoms with E-state index < -0.39 is 0 Å². The lowest BCUT2D eigenvalue weighted by molar-refractivity contribution is -0.120. The Morgan fingerprint density at radius 1 is 1.07 bits per heavy atom. The average Bonchev–Trinajstić information content (AvgIpc) is 2.89. The summed E-state index contributed by atoms with van der Waals surface area (Å²) in [5.41, 5.74) is 5.34. The predicted molar refractivity (Wildman–Crippen MR) is 105 cm³/mol. The van der Waals surface area contributed by atoms with Gasteiger partial charge in [-0.3, -0.25) is 4.79 Å².